The van der Waals surface area contributed by atoms with E-state index in [1.807, 2.05) is 26.0 Å². The number of aromatic nitrogens is 3. The molecule has 1 amide bonds. The zero-order chi connectivity index (χ0) is 21.3. The van der Waals surface area contributed by atoms with Crippen molar-refractivity contribution in [3.05, 3.63) is 36.2 Å². The molecule has 0 saturated heterocycles. The highest BCUT2D eigenvalue weighted by Gasteiger charge is 2.28. The third kappa shape index (κ3) is 7.79. The minimum Gasteiger partial charge on any atom is -0.357 e. The molecule has 9 heteroatoms. The third-order valence-electron chi connectivity index (χ3n) is 5.20. The fourth-order valence-corrected chi connectivity index (χ4v) is 3.81. The normalized spacial score (nSPS) is 18.9. The van der Waals surface area contributed by atoms with Crippen molar-refractivity contribution in [3.8, 4) is 11.4 Å². The molecule has 0 spiro atoms. The summed E-state index contributed by atoms with van der Waals surface area (Å²) in [5, 5.41) is 16.7. The topological polar surface area (TPSA) is 107 Å². The van der Waals surface area contributed by atoms with Crippen LogP contribution in [0.1, 0.15) is 52.0 Å². The highest BCUT2D eigenvalue weighted by atomic mass is 127. The van der Waals surface area contributed by atoms with Gasteiger partial charge in [-0.05, 0) is 51.7 Å². The molecule has 2 atom stereocenters. The Morgan fingerprint density at radius 2 is 2.16 bits per heavy atom. The van der Waals surface area contributed by atoms with Crippen LogP contribution in [-0.2, 0) is 11.3 Å². The quantitative estimate of drug-likeness (QED) is 0.246. The zero-order valence-electron chi connectivity index (χ0n) is 18.5. The maximum Gasteiger partial charge on any atom is 0.223 e. The molecular weight excluding hydrogens is 505 g/mol. The van der Waals surface area contributed by atoms with Crippen molar-refractivity contribution >= 4 is 35.8 Å². The van der Waals surface area contributed by atoms with Crippen LogP contribution in [0, 0.1) is 5.92 Å². The fourth-order valence-electron chi connectivity index (χ4n) is 3.81. The number of aliphatic imine (C=N–C) groups is 1. The molecule has 1 aromatic heterocycles. The average Bonchev–Trinajstić information content (AvgIpc) is 3.27. The Balaban J connectivity index is 0.00000341. The first-order chi connectivity index (χ1) is 14.5. The summed E-state index contributed by atoms with van der Waals surface area (Å²) in [6, 6.07) is 8.56. The molecule has 4 N–H and O–H groups in total. The number of carbonyl (C=O) groups is 1. The van der Waals surface area contributed by atoms with E-state index in [9.17, 15) is 4.79 Å². The Morgan fingerprint density at radius 1 is 1.32 bits per heavy atom. The number of nitrogens with zero attached hydrogens (tertiary/aromatic N) is 3. The van der Waals surface area contributed by atoms with Crippen LogP contribution in [0.5, 0.6) is 0 Å². The number of hydrogen-bond donors (Lipinski definition) is 4. The summed E-state index contributed by atoms with van der Waals surface area (Å²) in [4.78, 5) is 21.4. The van der Waals surface area contributed by atoms with Crippen LogP contribution < -0.4 is 16.0 Å². The second kappa shape index (κ2) is 12.6. The number of benzene rings is 1. The van der Waals surface area contributed by atoms with E-state index in [1.165, 1.54) is 6.33 Å². The predicted molar refractivity (Wildman–Crippen MR) is 134 cm³/mol. The summed E-state index contributed by atoms with van der Waals surface area (Å²) < 4.78 is 0. The van der Waals surface area contributed by atoms with E-state index in [-0.39, 0.29) is 47.9 Å². The smallest absolute Gasteiger partial charge is 0.223 e. The number of guanidine groups is 1. The second-order valence-electron chi connectivity index (χ2n) is 8.10. The van der Waals surface area contributed by atoms with Gasteiger partial charge in [-0.3, -0.25) is 9.89 Å². The monoisotopic (exact) mass is 539 g/mol. The van der Waals surface area contributed by atoms with Crippen LogP contribution in [0.2, 0.25) is 0 Å². The Labute approximate surface area is 201 Å². The Bertz CT molecular complexity index is 838. The lowest BCUT2D eigenvalue weighted by molar-refractivity contribution is -0.126. The highest BCUT2D eigenvalue weighted by molar-refractivity contribution is 14.0. The van der Waals surface area contributed by atoms with Crippen LogP contribution >= 0.6 is 24.0 Å². The van der Waals surface area contributed by atoms with E-state index < -0.39 is 0 Å². The number of carbonyl (C=O) groups excluding carboxylic acids is 1. The molecule has 170 valence electrons. The number of halogens is 1. The van der Waals surface area contributed by atoms with E-state index in [4.69, 9.17) is 4.99 Å². The fraction of sp³-hybridized carbons (Fsp3) is 0.545. The number of amides is 1. The van der Waals surface area contributed by atoms with Gasteiger partial charge >= 0.3 is 0 Å². The van der Waals surface area contributed by atoms with Gasteiger partial charge in [0.1, 0.15) is 6.33 Å². The first kappa shape index (κ1) is 25.1. The average molecular weight is 539 g/mol. The van der Waals surface area contributed by atoms with Gasteiger partial charge in [0.2, 0.25) is 5.91 Å². The lowest BCUT2D eigenvalue weighted by atomic mass is 9.85. The van der Waals surface area contributed by atoms with Crippen LogP contribution in [0.4, 0.5) is 0 Å². The van der Waals surface area contributed by atoms with E-state index in [2.05, 4.69) is 50.2 Å². The third-order valence-corrected chi connectivity index (χ3v) is 5.20. The lowest BCUT2D eigenvalue weighted by Gasteiger charge is -2.30. The lowest BCUT2D eigenvalue weighted by Crippen LogP contribution is -2.47. The standard InChI is InChI=1S/C22H33N7O.HI/c1-4-23-22(28-19-10-6-9-18(12-19)21(30)27-15(2)3)24-13-16-7-5-8-17(11-16)20-25-14-26-29-20;/h5,7-8,11,14-15,18-19H,4,6,9-10,12-13H2,1-3H3,(H,27,30)(H2,23,24,28)(H,25,26,29);1H. The molecule has 1 aliphatic carbocycles. The molecule has 1 aliphatic rings. The molecule has 31 heavy (non-hydrogen) atoms. The van der Waals surface area contributed by atoms with Crippen molar-refractivity contribution in [1.29, 1.82) is 0 Å². The number of rotatable bonds is 7. The van der Waals surface area contributed by atoms with Crippen molar-refractivity contribution in [2.45, 2.75) is 65.1 Å². The second-order valence-corrected chi connectivity index (χ2v) is 8.10. The Hall–Kier alpha value is -2.17. The zero-order valence-corrected chi connectivity index (χ0v) is 20.8. The summed E-state index contributed by atoms with van der Waals surface area (Å²) in [6.07, 6.45) is 5.40. The van der Waals surface area contributed by atoms with E-state index in [0.29, 0.717) is 6.54 Å². The maximum atomic E-state index is 12.4. The van der Waals surface area contributed by atoms with Gasteiger partial charge in [0.15, 0.2) is 11.8 Å². The molecule has 1 fully saturated rings. The summed E-state index contributed by atoms with van der Waals surface area (Å²) in [6.45, 7) is 7.41. The van der Waals surface area contributed by atoms with Crippen molar-refractivity contribution in [2.75, 3.05) is 6.54 Å². The Kier molecular flexibility index (Phi) is 10.2. The molecule has 3 rings (SSSR count). The summed E-state index contributed by atoms with van der Waals surface area (Å²) in [5.41, 5.74) is 2.09. The van der Waals surface area contributed by atoms with Crippen LogP contribution in [0.15, 0.2) is 35.6 Å². The van der Waals surface area contributed by atoms with Crippen LogP contribution in [0.3, 0.4) is 0 Å². The van der Waals surface area contributed by atoms with Crippen molar-refractivity contribution < 1.29 is 4.79 Å². The molecular formula is C22H34IN7O. The maximum absolute atomic E-state index is 12.4. The van der Waals surface area contributed by atoms with E-state index in [0.717, 1.165) is 55.1 Å². The van der Waals surface area contributed by atoms with Crippen LogP contribution in [-0.4, -0.2) is 45.7 Å². The molecule has 0 aliphatic heterocycles. The summed E-state index contributed by atoms with van der Waals surface area (Å²) in [5.74, 6) is 1.78. The van der Waals surface area contributed by atoms with Crippen molar-refractivity contribution in [2.24, 2.45) is 10.9 Å². The van der Waals surface area contributed by atoms with Gasteiger partial charge in [-0.1, -0.05) is 24.6 Å². The van der Waals surface area contributed by atoms with Gasteiger partial charge in [0.05, 0.1) is 6.54 Å². The molecule has 8 nitrogen and oxygen atoms in total. The van der Waals surface area contributed by atoms with Gasteiger partial charge < -0.3 is 16.0 Å². The number of hydrogen-bond acceptors (Lipinski definition) is 4. The number of aromatic amines is 1. The first-order valence-electron chi connectivity index (χ1n) is 10.8. The number of nitrogens with one attached hydrogen (secondary N) is 4. The minimum atomic E-state index is 0. The van der Waals surface area contributed by atoms with Gasteiger partial charge in [0.25, 0.3) is 0 Å². The largest absolute Gasteiger partial charge is 0.357 e. The van der Waals surface area contributed by atoms with Gasteiger partial charge in [0, 0.05) is 30.1 Å². The highest BCUT2D eigenvalue weighted by Crippen LogP contribution is 2.24. The van der Waals surface area contributed by atoms with Gasteiger partial charge in [-0.2, -0.15) is 5.10 Å². The van der Waals surface area contributed by atoms with Crippen molar-refractivity contribution in [3.63, 3.8) is 0 Å². The van der Waals surface area contributed by atoms with Crippen LogP contribution in [0.25, 0.3) is 11.4 Å². The molecule has 0 bridgehead atoms. The molecule has 1 saturated carbocycles. The molecule has 2 unspecified atom stereocenters. The molecule has 0 radical (unpaired) electrons. The minimum absolute atomic E-state index is 0. The van der Waals surface area contributed by atoms with Gasteiger partial charge in [-0.15, -0.1) is 24.0 Å². The van der Waals surface area contributed by atoms with E-state index in [1.54, 1.807) is 0 Å². The van der Waals surface area contributed by atoms with E-state index >= 15 is 0 Å². The van der Waals surface area contributed by atoms with Gasteiger partial charge in [-0.25, -0.2) is 9.98 Å². The first-order valence-corrected chi connectivity index (χ1v) is 10.8. The SMILES string of the molecule is CCNC(=NCc1cccc(-c2ncn[nH]2)c1)NC1CCCC(C(=O)NC(C)C)C1.I. The summed E-state index contributed by atoms with van der Waals surface area (Å²) in [7, 11) is 0. The summed E-state index contributed by atoms with van der Waals surface area (Å²) >= 11 is 0. The molecule has 1 heterocycles. The number of H-pyrrole nitrogens is 1. The molecule has 2 aromatic rings. The predicted octanol–water partition coefficient (Wildman–Crippen LogP) is 3.23. The van der Waals surface area contributed by atoms with Crippen molar-refractivity contribution in [1.82, 2.24) is 31.1 Å². The Morgan fingerprint density at radius 3 is 2.87 bits per heavy atom. The molecule has 1 aromatic carbocycles.